The maximum atomic E-state index is 14.7. The highest BCUT2D eigenvalue weighted by atomic mass is 35.5. The normalized spacial score (nSPS) is 13.7. The number of hydrogen-bond acceptors (Lipinski definition) is 6. The van der Waals surface area contributed by atoms with Crippen LogP contribution in [0.3, 0.4) is 0 Å². The van der Waals surface area contributed by atoms with Crippen molar-refractivity contribution in [2.75, 3.05) is 31.2 Å². The molecule has 0 unspecified atom stereocenters. The van der Waals surface area contributed by atoms with Gasteiger partial charge in [0.05, 0.1) is 41.0 Å². The largest absolute Gasteiger partial charge is 0.487 e. The summed E-state index contributed by atoms with van der Waals surface area (Å²) in [7, 11) is 0. The van der Waals surface area contributed by atoms with Gasteiger partial charge in [-0.3, -0.25) is 9.78 Å². The lowest BCUT2D eigenvalue weighted by Crippen LogP contribution is -2.36. The molecule has 178 valence electrons. The van der Waals surface area contributed by atoms with Crippen LogP contribution in [0.25, 0.3) is 11.0 Å². The lowest BCUT2D eigenvalue weighted by atomic mass is 10.0. The Balaban J connectivity index is 1.43. The summed E-state index contributed by atoms with van der Waals surface area (Å²) in [6.45, 7) is 2.61. The van der Waals surface area contributed by atoms with Crippen molar-refractivity contribution >= 4 is 34.2 Å². The van der Waals surface area contributed by atoms with E-state index in [1.807, 2.05) is 0 Å². The van der Waals surface area contributed by atoms with E-state index in [2.05, 4.69) is 14.9 Å². The zero-order chi connectivity index (χ0) is 24.4. The molecular formula is C26H20ClF2N3O3. The fourth-order valence-electron chi connectivity index (χ4n) is 3.87. The Kier molecular flexibility index (Phi) is 6.57. The second-order valence-electron chi connectivity index (χ2n) is 8.01. The fourth-order valence-corrected chi connectivity index (χ4v) is 4.17. The standard InChI is InChI=1S/C26H20ClF2N3O3/c27-25-22(35-15-16-2-1-3-18(28)12-16)7-5-19(29)24(25)26(33)17-4-6-20-21(13-17)31-23(14-30-20)32-8-10-34-11-9-32/h1-7,12-14H,8-11,15H2. The Labute approximate surface area is 205 Å². The van der Waals surface area contributed by atoms with Crippen LogP contribution in [0.1, 0.15) is 21.5 Å². The molecule has 0 aliphatic carbocycles. The highest BCUT2D eigenvalue weighted by Crippen LogP contribution is 2.33. The summed E-state index contributed by atoms with van der Waals surface area (Å²) in [5.41, 5.74) is 1.60. The summed E-state index contributed by atoms with van der Waals surface area (Å²) >= 11 is 6.39. The minimum absolute atomic E-state index is 0.00657. The lowest BCUT2D eigenvalue weighted by Gasteiger charge is -2.27. The van der Waals surface area contributed by atoms with Crippen LogP contribution in [-0.2, 0) is 11.3 Å². The van der Waals surface area contributed by atoms with Crippen molar-refractivity contribution in [3.05, 3.63) is 94.1 Å². The van der Waals surface area contributed by atoms with Gasteiger partial charge in [-0.2, -0.15) is 0 Å². The zero-order valence-electron chi connectivity index (χ0n) is 18.5. The molecular weight excluding hydrogens is 476 g/mol. The Morgan fingerprint density at radius 2 is 1.89 bits per heavy atom. The number of halogens is 3. The highest BCUT2D eigenvalue weighted by molar-refractivity contribution is 6.36. The zero-order valence-corrected chi connectivity index (χ0v) is 19.3. The second kappa shape index (κ2) is 9.93. The van der Waals surface area contributed by atoms with Crippen LogP contribution in [0, 0.1) is 11.6 Å². The molecule has 5 rings (SSSR count). The first-order valence-electron chi connectivity index (χ1n) is 11.0. The number of benzene rings is 3. The SMILES string of the molecule is O=C(c1ccc2ncc(N3CCOCC3)nc2c1)c1c(F)ccc(OCc2cccc(F)c2)c1Cl. The number of nitrogens with zero attached hydrogens (tertiary/aromatic N) is 3. The molecule has 0 N–H and O–H groups in total. The number of ether oxygens (including phenoxy) is 2. The summed E-state index contributed by atoms with van der Waals surface area (Å²) < 4.78 is 39.2. The molecule has 35 heavy (non-hydrogen) atoms. The molecule has 1 saturated heterocycles. The van der Waals surface area contributed by atoms with Crippen LogP contribution >= 0.6 is 11.6 Å². The van der Waals surface area contributed by atoms with Crippen LogP contribution in [0.15, 0.2) is 60.8 Å². The van der Waals surface area contributed by atoms with Gasteiger partial charge in [-0.05, 0) is 48.0 Å². The van der Waals surface area contributed by atoms with Gasteiger partial charge in [0.25, 0.3) is 0 Å². The number of aromatic nitrogens is 2. The third kappa shape index (κ3) is 4.94. The van der Waals surface area contributed by atoms with Gasteiger partial charge < -0.3 is 14.4 Å². The van der Waals surface area contributed by atoms with Gasteiger partial charge >= 0.3 is 0 Å². The van der Waals surface area contributed by atoms with Crippen LogP contribution in [0.2, 0.25) is 5.02 Å². The predicted octanol–water partition coefficient (Wildman–Crippen LogP) is 5.21. The minimum atomic E-state index is -0.772. The number of anilines is 1. The number of carbonyl (C=O) groups is 1. The van der Waals surface area contributed by atoms with E-state index in [1.54, 1.807) is 36.5 Å². The molecule has 1 aliphatic rings. The molecule has 3 aromatic carbocycles. The third-order valence-electron chi connectivity index (χ3n) is 5.69. The fraction of sp³-hybridized carbons (Fsp3) is 0.192. The van der Waals surface area contributed by atoms with E-state index >= 15 is 0 Å². The first kappa shape index (κ1) is 23.1. The van der Waals surface area contributed by atoms with Gasteiger partial charge in [0, 0.05) is 18.7 Å². The number of fused-ring (bicyclic) bond motifs is 1. The summed E-state index contributed by atoms with van der Waals surface area (Å²) in [6, 6.07) is 13.2. The number of morpholine rings is 1. The van der Waals surface area contributed by atoms with Crippen molar-refractivity contribution in [2.24, 2.45) is 0 Å². The van der Waals surface area contributed by atoms with Crippen molar-refractivity contribution in [1.82, 2.24) is 9.97 Å². The average molecular weight is 496 g/mol. The van der Waals surface area contributed by atoms with Crippen LogP contribution in [0.4, 0.5) is 14.6 Å². The monoisotopic (exact) mass is 495 g/mol. The number of carbonyl (C=O) groups excluding carboxylic acids is 1. The Bertz CT molecular complexity index is 1410. The molecule has 0 spiro atoms. The second-order valence-corrected chi connectivity index (χ2v) is 8.39. The molecule has 0 atom stereocenters. The number of ketones is 1. The smallest absolute Gasteiger partial charge is 0.197 e. The lowest BCUT2D eigenvalue weighted by molar-refractivity contribution is 0.103. The minimum Gasteiger partial charge on any atom is -0.487 e. The van der Waals surface area contributed by atoms with Gasteiger partial charge in [0.2, 0.25) is 0 Å². The van der Waals surface area contributed by atoms with E-state index in [-0.39, 0.29) is 28.5 Å². The first-order chi connectivity index (χ1) is 17.0. The van der Waals surface area contributed by atoms with Crippen molar-refractivity contribution < 1.29 is 23.0 Å². The predicted molar refractivity (Wildman–Crippen MR) is 128 cm³/mol. The molecule has 0 saturated carbocycles. The quantitative estimate of drug-likeness (QED) is 0.342. The summed E-state index contributed by atoms with van der Waals surface area (Å²) in [5.74, 6) is -0.975. The highest BCUT2D eigenvalue weighted by Gasteiger charge is 2.22. The molecule has 1 aliphatic heterocycles. The Morgan fingerprint density at radius 1 is 1.06 bits per heavy atom. The van der Waals surface area contributed by atoms with E-state index in [9.17, 15) is 13.6 Å². The van der Waals surface area contributed by atoms with Gasteiger partial charge in [-0.25, -0.2) is 13.8 Å². The molecule has 2 heterocycles. The van der Waals surface area contributed by atoms with E-state index in [0.29, 0.717) is 48.7 Å². The van der Waals surface area contributed by atoms with Crippen molar-refractivity contribution in [2.45, 2.75) is 6.61 Å². The van der Waals surface area contributed by atoms with Crippen molar-refractivity contribution in [1.29, 1.82) is 0 Å². The molecule has 0 radical (unpaired) electrons. The molecule has 0 amide bonds. The molecule has 9 heteroatoms. The van der Waals surface area contributed by atoms with Gasteiger partial charge in [0.15, 0.2) is 5.78 Å². The maximum absolute atomic E-state index is 14.7. The van der Waals surface area contributed by atoms with E-state index in [0.717, 1.165) is 6.07 Å². The molecule has 4 aromatic rings. The Morgan fingerprint density at radius 3 is 2.69 bits per heavy atom. The molecule has 1 fully saturated rings. The number of hydrogen-bond donors (Lipinski definition) is 0. The van der Waals surface area contributed by atoms with Gasteiger partial charge in [0.1, 0.15) is 29.8 Å². The maximum Gasteiger partial charge on any atom is 0.197 e. The van der Waals surface area contributed by atoms with Gasteiger partial charge in [-0.15, -0.1) is 0 Å². The average Bonchev–Trinajstić information content (AvgIpc) is 2.88. The van der Waals surface area contributed by atoms with Crippen LogP contribution in [0.5, 0.6) is 5.75 Å². The summed E-state index contributed by atoms with van der Waals surface area (Å²) in [6.07, 6.45) is 1.69. The topological polar surface area (TPSA) is 64.6 Å². The molecule has 0 bridgehead atoms. The van der Waals surface area contributed by atoms with E-state index in [1.165, 1.54) is 18.2 Å². The van der Waals surface area contributed by atoms with E-state index in [4.69, 9.17) is 21.1 Å². The van der Waals surface area contributed by atoms with Crippen molar-refractivity contribution in [3.63, 3.8) is 0 Å². The van der Waals surface area contributed by atoms with Crippen molar-refractivity contribution in [3.8, 4) is 5.75 Å². The van der Waals surface area contributed by atoms with E-state index < -0.39 is 17.4 Å². The number of rotatable bonds is 6. The first-order valence-corrected chi connectivity index (χ1v) is 11.4. The molecule has 1 aromatic heterocycles. The van der Waals surface area contributed by atoms with Crippen LogP contribution in [-0.4, -0.2) is 42.1 Å². The third-order valence-corrected chi connectivity index (χ3v) is 6.07. The van der Waals surface area contributed by atoms with Crippen LogP contribution < -0.4 is 9.64 Å². The summed E-state index contributed by atoms with van der Waals surface area (Å²) in [5, 5.41) is -0.153. The molecule has 6 nitrogen and oxygen atoms in total. The Hall–Kier alpha value is -3.62. The summed E-state index contributed by atoms with van der Waals surface area (Å²) in [4.78, 5) is 24.4. The van der Waals surface area contributed by atoms with Gasteiger partial charge in [-0.1, -0.05) is 23.7 Å².